The van der Waals surface area contributed by atoms with Crippen LogP contribution in [0.4, 0.5) is 5.69 Å². The topological polar surface area (TPSA) is 65.1 Å². The number of H-pyrrole nitrogens is 1. The molecule has 1 fully saturated rings. The Morgan fingerprint density at radius 3 is 2.58 bits per heavy atom. The molecule has 0 spiro atoms. The van der Waals surface area contributed by atoms with Crippen LogP contribution in [0.2, 0.25) is 5.02 Å². The van der Waals surface area contributed by atoms with Gasteiger partial charge in [0.2, 0.25) is 0 Å². The van der Waals surface area contributed by atoms with Crippen LogP contribution < -0.4 is 4.90 Å². The first-order chi connectivity index (χ1) is 12.7. The van der Waals surface area contributed by atoms with Crippen molar-refractivity contribution in [3.05, 3.63) is 65.4 Å². The number of nitrogens with one attached hydrogen (secondary N) is 1. The minimum absolute atomic E-state index is 0.0366. The van der Waals surface area contributed by atoms with Gasteiger partial charge in [-0.15, -0.1) is 0 Å². The molecule has 0 saturated carbocycles. The van der Waals surface area contributed by atoms with E-state index in [1.54, 1.807) is 12.3 Å². The number of benzene rings is 1. The number of pyridine rings is 1. The highest BCUT2D eigenvalue weighted by Crippen LogP contribution is 2.21. The van der Waals surface area contributed by atoms with Gasteiger partial charge in [0.1, 0.15) is 11.4 Å². The molecule has 3 heterocycles. The fourth-order valence-corrected chi connectivity index (χ4v) is 3.27. The van der Waals surface area contributed by atoms with Gasteiger partial charge in [0.25, 0.3) is 5.91 Å². The number of aromatic nitrogens is 3. The molecule has 0 radical (unpaired) electrons. The molecule has 0 aliphatic carbocycles. The molecule has 0 bridgehead atoms. The largest absolute Gasteiger partial charge is 0.368 e. The number of hydrogen-bond acceptors (Lipinski definition) is 4. The maximum atomic E-state index is 12.7. The van der Waals surface area contributed by atoms with Crippen molar-refractivity contribution < 1.29 is 4.79 Å². The van der Waals surface area contributed by atoms with E-state index < -0.39 is 0 Å². The quantitative estimate of drug-likeness (QED) is 0.772. The first kappa shape index (κ1) is 16.6. The number of carbonyl (C=O) groups excluding carboxylic acids is 1. The van der Waals surface area contributed by atoms with E-state index in [4.69, 9.17) is 11.6 Å². The van der Waals surface area contributed by atoms with E-state index in [0.717, 1.165) is 29.5 Å². The highest BCUT2D eigenvalue weighted by molar-refractivity contribution is 6.30. The molecule has 132 valence electrons. The number of rotatable bonds is 3. The van der Waals surface area contributed by atoms with Crippen LogP contribution in [0.3, 0.4) is 0 Å². The normalized spacial score (nSPS) is 14.5. The second-order valence-corrected chi connectivity index (χ2v) is 6.58. The third kappa shape index (κ3) is 3.41. The van der Waals surface area contributed by atoms with E-state index >= 15 is 0 Å². The number of amides is 1. The molecule has 2 aromatic heterocycles. The maximum absolute atomic E-state index is 12.7. The summed E-state index contributed by atoms with van der Waals surface area (Å²) < 4.78 is 0. The number of anilines is 1. The van der Waals surface area contributed by atoms with E-state index in [2.05, 4.69) is 20.1 Å². The van der Waals surface area contributed by atoms with Gasteiger partial charge in [-0.2, -0.15) is 5.10 Å². The first-order valence-corrected chi connectivity index (χ1v) is 8.85. The van der Waals surface area contributed by atoms with Crippen LogP contribution in [0, 0.1) is 0 Å². The molecular formula is C19H18ClN5O. The van der Waals surface area contributed by atoms with E-state index in [0.29, 0.717) is 24.5 Å². The smallest absolute Gasteiger partial charge is 0.272 e. The minimum Gasteiger partial charge on any atom is -0.368 e. The Morgan fingerprint density at radius 2 is 1.85 bits per heavy atom. The van der Waals surface area contributed by atoms with E-state index in [9.17, 15) is 4.79 Å². The van der Waals surface area contributed by atoms with Crippen molar-refractivity contribution in [1.29, 1.82) is 0 Å². The highest BCUT2D eigenvalue weighted by atomic mass is 35.5. The van der Waals surface area contributed by atoms with Crippen LogP contribution in [0.1, 0.15) is 10.5 Å². The van der Waals surface area contributed by atoms with Crippen molar-refractivity contribution in [2.24, 2.45) is 0 Å². The second-order valence-electron chi connectivity index (χ2n) is 6.14. The van der Waals surface area contributed by atoms with Crippen LogP contribution in [0.15, 0.2) is 54.7 Å². The average molecular weight is 368 g/mol. The third-order valence-electron chi connectivity index (χ3n) is 4.48. The van der Waals surface area contributed by atoms with Gasteiger partial charge in [-0.1, -0.05) is 23.7 Å². The van der Waals surface area contributed by atoms with Crippen LogP contribution in [-0.2, 0) is 0 Å². The summed E-state index contributed by atoms with van der Waals surface area (Å²) in [5.74, 6) is -0.0366. The molecule has 4 rings (SSSR count). The SMILES string of the molecule is O=C(c1cc(-c2ccccn2)n[nH]1)N1CCN(c2cccc(Cl)c2)CC1. The molecule has 1 aromatic carbocycles. The molecule has 1 aliphatic heterocycles. The van der Waals surface area contributed by atoms with Crippen molar-refractivity contribution >= 4 is 23.2 Å². The summed E-state index contributed by atoms with van der Waals surface area (Å²) in [6, 6.07) is 15.2. The number of halogens is 1. The monoisotopic (exact) mass is 367 g/mol. The lowest BCUT2D eigenvalue weighted by Gasteiger charge is -2.36. The number of aromatic amines is 1. The molecule has 0 unspecified atom stereocenters. The van der Waals surface area contributed by atoms with Gasteiger partial charge in [0.05, 0.1) is 5.69 Å². The Morgan fingerprint density at radius 1 is 1.00 bits per heavy atom. The maximum Gasteiger partial charge on any atom is 0.272 e. The van der Waals surface area contributed by atoms with E-state index in [1.165, 1.54) is 0 Å². The zero-order valence-electron chi connectivity index (χ0n) is 14.1. The van der Waals surface area contributed by atoms with E-state index in [1.807, 2.05) is 47.4 Å². The van der Waals surface area contributed by atoms with Crippen LogP contribution in [-0.4, -0.2) is 52.2 Å². The summed E-state index contributed by atoms with van der Waals surface area (Å²) in [6.07, 6.45) is 1.71. The molecule has 0 atom stereocenters. The van der Waals surface area contributed by atoms with Crippen LogP contribution in [0.25, 0.3) is 11.4 Å². The molecule has 1 N–H and O–H groups in total. The van der Waals surface area contributed by atoms with Crippen molar-refractivity contribution in [1.82, 2.24) is 20.1 Å². The van der Waals surface area contributed by atoms with Gasteiger partial charge in [-0.05, 0) is 36.4 Å². The standard InChI is InChI=1S/C19H18ClN5O/c20-14-4-3-5-15(12-14)24-8-10-25(11-9-24)19(26)18-13-17(22-23-18)16-6-1-2-7-21-16/h1-7,12-13H,8-11H2,(H,22,23). The van der Waals surface area contributed by atoms with Gasteiger partial charge >= 0.3 is 0 Å². The number of piperazine rings is 1. The summed E-state index contributed by atoms with van der Waals surface area (Å²) in [5, 5.41) is 7.78. The lowest BCUT2D eigenvalue weighted by Crippen LogP contribution is -2.48. The Kier molecular flexibility index (Phi) is 4.58. The van der Waals surface area contributed by atoms with Crippen LogP contribution in [0.5, 0.6) is 0 Å². The van der Waals surface area contributed by atoms with Gasteiger partial charge in [0.15, 0.2) is 0 Å². The predicted molar refractivity (Wildman–Crippen MR) is 101 cm³/mol. The zero-order valence-corrected chi connectivity index (χ0v) is 14.9. The summed E-state index contributed by atoms with van der Waals surface area (Å²) >= 11 is 6.07. The van der Waals surface area contributed by atoms with Gasteiger partial charge in [-0.3, -0.25) is 14.9 Å². The number of nitrogens with zero attached hydrogens (tertiary/aromatic N) is 4. The Bertz CT molecular complexity index is 903. The molecule has 1 saturated heterocycles. The van der Waals surface area contributed by atoms with Crippen molar-refractivity contribution in [3.63, 3.8) is 0 Å². The second kappa shape index (κ2) is 7.17. The molecule has 26 heavy (non-hydrogen) atoms. The predicted octanol–water partition coefficient (Wildman–Crippen LogP) is 3.09. The highest BCUT2D eigenvalue weighted by Gasteiger charge is 2.24. The third-order valence-corrected chi connectivity index (χ3v) is 4.71. The average Bonchev–Trinajstić information content (AvgIpc) is 3.18. The number of hydrogen-bond donors (Lipinski definition) is 1. The molecule has 3 aromatic rings. The van der Waals surface area contributed by atoms with Crippen molar-refractivity contribution in [2.45, 2.75) is 0 Å². The summed E-state index contributed by atoms with van der Waals surface area (Å²) in [7, 11) is 0. The lowest BCUT2D eigenvalue weighted by atomic mass is 10.2. The minimum atomic E-state index is -0.0366. The Balaban J connectivity index is 1.42. The van der Waals surface area contributed by atoms with Crippen molar-refractivity contribution in [3.8, 4) is 11.4 Å². The fraction of sp³-hybridized carbons (Fsp3) is 0.211. The summed E-state index contributed by atoms with van der Waals surface area (Å²) in [5.41, 5.74) is 2.99. The molecule has 1 amide bonds. The van der Waals surface area contributed by atoms with Gasteiger partial charge in [-0.25, -0.2) is 0 Å². The lowest BCUT2D eigenvalue weighted by molar-refractivity contribution is 0.0741. The molecule has 1 aliphatic rings. The van der Waals surface area contributed by atoms with Crippen molar-refractivity contribution in [2.75, 3.05) is 31.1 Å². The fourth-order valence-electron chi connectivity index (χ4n) is 3.09. The summed E-state index contributed by atoms with van der Waals surface area (Å²) in [4.78, 5) is 21.1. The van der Waals surface area contributed by atoms with Gasteiger partial charge < -0.3 is 9.80 Å². The van der Waals surface area contributed by atoms with Crippen LogP contribution >= 0.6 is 11.6 Å². The molecule has 7 heteroatoms. The zero-order chi connectivity index (χ0) is 17.9. The van der Waals surface area contributed by atoms with Gasteiger partial charge in [0, 0.05) is 43.1 Å². The Labute approximate surface area is 156 Å². The van der Waals surface area contributed by atoms with E-state index in [-0.39, 0.29) is 5.91 Å². The Hall–Kier alpha value is -2.86. The number of carbonyl (C=O) groups is 1. The molecular weight excluding hydrogens is 350 g/mol. The summed E-state index contributed by atoms with van der Waals surface area (Å²) in [6.45, 7) is 2.85. The molecule has 6 nitrogen and oxygen atoms in total. The first-order valence-electron chi connectivity index (χ1n) is 8.47.